The maximum absolute atomic E-state index is 11.4. The summed E-state index contributed by atoms with van der Waals surface area (Å²) in [6.45, 7) is 6.66. The molecule has 0 heterocycles. The summed E-state index contributed by atoms with van der Waals surface area (Å²) in [5.74, 6) is 1.06. The molecule has 0 saturated carbocycles. The molecule has 0 fully saturated rings. The Morgan fingerprint density at radius 2 is 1.83 bits per heavy atom. The van der Waals surface area contributed by atoms with E-state index in [0.717, 1.165) is 30.3 Å². The quantitative estimate of drug-likeness (QED) is 0.693. The van der Waals surface area contributed by atoms with Crippen LogP contribution in [0.5, 0.6) is 5.75 Å². The van der Waals surface area contributed by atoms with Crippen molar-refractivity contribution in [1.29, 1.82) is 0 Å². The second kappa shape index (κ2) is 9.08. The first kappa shape index (κ1) is 18.0. The fourth-order valence-electron chi connectivity index (χ4n) is 2.37. The third kappa shape index (κ3) is 5.70. The summed E-state index contributed by atoms with van der Waals surface area (Å²) in [5.41, 5.74) is 7.90. The van der Waals surface area contributed by atoms with Gasteiger partial charge in [-0.05, 0) is 42.6 Å². The second-order valence-corrected chi connectivity index (χ2v) is 6.31. The minimum Gasteiger partial charge on any atom is -0.489 e. The van der Waals surface area contributed by atoms with Gasteiger partial charge in [0.2, 0.25) is 5.91 Å². The van der Waals surface area contributed by atoms with E-state index in [1.807, 2.05) is 24.3 Å². The van der Waals surface area contributed by atoms with Crippen molar-refractivity contribution in [3.63, 3.8) is 0 Å². The molecule has 1 amide bonds. The number of hydrogen-bond donors (Lipinski definition) is 2. The van der Waals surface area contributed by atoms with Crippen LogP contribution >= 0.6 is 0 Å². The van der Waals surface area contributed by atoms with E-state index in [1.54, 1.807) is 12.1 Å². The zero-order valence-electron chi connectivity index (χ0n) is 14.4. The zero-order chi connectivity index (χ0) is 17.4. The lowest BCUT2D eigenvalue weighted by atomic mass is 10.1. The molecule has 0 aromatic heterocycles. The number of nitrogens with two attached hydrogens (primary N) is 1. The molecule has 2 aromatic carbocycles. The van der Waals surface area contributed by atoms with Crippen LogP contribution in [-0.4, -0.2) is 12.5 Å². The first-order valence-electron chi connectivity index (χ1n) is 8.36. The van der Waals surface area contributed by atoms with Crippen LogP contribution in [0.15, 0.2) is 48.5 Å². The van der Waals surface area contributed by atoms with Gasteiger partial charge in [0.1, 0.15) is 12.4 Å². The van der Waals surface area contributed by atoms with Crippen LogP contribution in [0.1, 0.15) is 41.8 Å². The molecule has 4 nitrogen and oxygen atoms in total. The summed E-state index contributed by atoms with van der Waals surface area (Å²) in [7, 11) is 0. The first-order chi connectivity index (χ1) is 11.6. The predicted molar refractivity (Wildman–Crippen MR) is 96.9 cm³/mol. The summed E-state index contributed by atoms with van der Waals surface area (Å²) >= 11 is 0. The predicted octanol–water partition coefficient (Wildman–Crippen LogP) is 3.50. The van der Waals surface area contributed by atoms with Crippen molar-refractivity contribution in [2.24, 2.45) is 11.7 Å². The Bertz CT molecular complexity index is 651. The molecule has 0 aliphatic rings. The number of carbonyl (C=O) groups is 1. The van der Waals surface area contributed by atoms with Gasteiger partial charge in [-0.1, -0.05) is 44.2 Å². The van der Waals surface area contributed by atoms with Gasteiger partial charge in [0.15, 0.2) is 0 Å². The molecule has 0 saturated heterocycles. The highest BCUT2D eigenvalue weighted by molar-refractivity contribution is 5.94. The van der Waals surface area contributed by atoms with Gasteiger partial charge in [-0.15, -0.1) is 0 Å². The van der Waals surface area contributed by atoms with Crippen LogP contribution in [0.25, 0.3) is 0 Å². The first-order valence-corrected chi connectivity index (χ1v) is 8.36. The van der Waals surface area contributed by atoms with Crippen molar-refractivity contribution in [2.45, 2.75) is 33.4 Å². The molecule has 0 aliphatic carbocycles. The van der Waals surface area contributed by atoms with Crippen LogP contribution in [-0.2, 0) is 13.2 Å². The van der Waals surface area contributed by atoms with E-state index in [4.69, 9.17) is 10.5 Å². The Hall–Kier alpha value is -2.33. The Morgan fingerprint density at radius 1 is 1.12 bits per heavy atom. The fraction of sp³-hybridized carbons (Fsp3) is 0.350. The Kier molecular flexibility index (Phi) is 6.82. The third-order valence-corrected chi connectivity index (χ3v) is 3.83. The smallest absolute Gasteiger partial charge is 0.249 e. The highest BCUT2D eigenvalue weighted by Gasteiger charge is 2.07. The molecule has 0 radical (unpaired) electrons. The molecular weight excluding hydrogens is 300 g/mol. The number of nitrogens with one attached hydrogen (secondary N) is 1. The molecule has 0 aliphatic heterocycles. The van der Waals surface area contributed by atoms with Gasteiger partial charge in [-0.25, -0.2) is 0 Å². The van der Waals surface area contributed by atoms with Crippen LogP contribution in [0.3, 0.4) is 0 Å². The van der Waals surface area contributed by atoms with Gasteiger partial charge in [0.25, 0.3) is 0 Å². The monoisotopic (exact) mass is 326 g/mol. The van der Waals surface area contributed by atoms with Crippen LogP contribution in [0.2, 0.25) is 0 Å². The van der Waals surface area contributed by atoms with Crippen molar-refractivity contribution < 1.29 is 9.53 Å². The SMILES string of the molecule is CC(C)CCNCc1ccc(OCc2ccccc2C(N)=O)cc1. The Balaban J connectivity index is 1.85. The second-order valence-electron chi connectivity index (χ2n) is 6.31. The van der Waals surface area contributed by atoms with Gasteiger partial charge in [-0.2, -0.15) is 0 Å². The summed E-state index contributed by atoms with van der Waals surface area (Å²) < 4.78 is 5.77. The fourth-order valence-corrected chi connectivity index (χ4v) is 2.37. The molecule has 0 bridgehead atoms. The topological polar surface area (TPSA) is 64.3 Å². The van der Waals surface area contributed by atoms with Crippen molar-refractivity contribution in [3.8, 4) is 5.75 Å². The van der Waals surface area contributed by atoms with Gasteiger partial charge in [-0.3, -0.25) is 4.79 Å². The van der Waals surface area contributed by atoms with E-state index in [-0.39, 0.29) is 0 Å². The standard InChI is InChI=1S/C20H26N2O2/c1-15(2)11-12-22-13-16-7-9-18(10-8-16)24-14-17-5-3-4-6-19(17)20(21)23/h3-10,15,22H,11-14H2,1-2H3,(H2,21,23). The minimum absolute atomic E-state index is 0.325. The average Bonchev–Trinajstić information content (AvgIpc) is 2.58. The molecule has 0 unspecified atom stereocenters. The molecule has 2 rings (SSSR count). The molecule has 2 aromatic rings. The van der Waals surface area contributed by atoms with Gasteiger partial charge in [0.05, 0.1) is 0 Å². The summed E-state index contributed by atoms with van der Waals surface area (Å²) in [6, 6.07) is 15.2. The highest BCUT2D eigenvalue weighted by atomic mass is 16.5. The lowest BCUT2D eigenvalue weighted by molar-refractivity contribution is 0.0998. The Morgan fingerprint density at radius 3 is 2.50 bits per heavy atom. The molecule has 24 heavy (non-hydrogen) atoms. The lowest BCUT2D eigenvalue weighted by Crippen LogP contribution is -2.16. The largest absolute Gasteiger partial charge is 0.489 e. The Labute approximate surface area is 144 Å². The maximum Gasteiger partial charge on any atom is 0.249 e. The van der Waals surface area contributed by atoms with Gasteiger partial charge < -0.3 is 15.8 Å². The summed E-state index contributed by atoms with van der Waals surface area (Å²) in [4.78, 5) is 11.4. The van der Waals surface area contributed by atoms with Crippen molar-refractivity contribution >= 4 is 5.91 Å². The summed E-state index contributed by atoms with van der Waals surface area (Å²) in [5, 5.41) is 3.44. The summed E-state index contributed by atoms with van der Waals surface area (Å²) in [6.07, 6.45) is 1.18. The average molecular weight is 326 g/mol. The van der Waals surface area contributed by atoms with E-state index in [2.05, 4.69) is 31.3 Å². The normalized spacial score (nSPS) is 10.8. The van der Waals surface area contributed by atoms with E-state index < -0.39 is 5.91 Å². The third-order valence-electron chi connectivity index (χ3n) is 3.83. The number of amides is 1. The van der Waals surface area contributed by atoms with E-state index in [0.29, 0.717) is 12.2 Å². The molecule has 0 spiro atoms. The van der Waals surface area contributed by atoms with E-state index >= 15 is 0 Å². The number of primary amides is 1. The van der Waals surface area contributed by atoms with Crippen LogP contribution in [0.4, 0.5) is 0 Å². The molecular formula is C20H26N2O2. The van der Waals surface area contributed by atoms with Gasteiger partial charge in [0, 0.05) is 17.7 Å². The number of rotatable bonds is 9. The minimum atomic E-state index is -0.433. The number of benzene rings is 2. The number of carbonyl (C=O) groups excluding carboxylic acids is 1. The van der Waals surface area contributed by atoms with E-state index in [1.165, 1.54) is 12.0 Å². The molecule has 0 atom stereocenters. The van der Waals surface area contributed by atoms with Gasteiger partial charge >= 0.3 is 0 Å². The maximum atomic E-state index is 11.4. The molecule has 3 N–H and O–H groups in total. The zero-order valence-corrected chi connectivity index (χ0v) is 14.4. The van der Waals surface area contributed by atoms with Crippen molar-refractivity contribution in [2.75, 3.05) is 6.54 Å². The van der Waals surface area contributed by atoms with Crippen LogP contribution < -0.4 is 15.8 Å². The number of hydrogen-bond acceptors (Lipinski definition) is 3. The highest BCUT2D eigenvalue weighted by Crippen LogP contribution is 2.16. The van der Waals surface area contributed by atoms with E-state index in [9.17, 15) is 4.79 Å². The molecule has 128 valence electrons. The van der Waals surface area contributed by atoms with Crippen molar-refractivity contribution in [1.82, 2.24) is 5.32 Å². The van der Waals surface area contributed by atoms with Crippen LogP contribution in [0, 0.1) is 5.92 Å². The molecule has 4 heteroatoms. The lowest BCUT2D eigenvalue weighted by Gasteiger charge is -2.10. The number of ether oxygens (including phenoxy) is 1. The van der Waals surface area contributed by atoms with Crippen molar-refractivity contribution in [3.05, 3.63) is 65.2 Å².